The van der Waals surface area contributed by atoms with Crippen LogP contribution in [0.3, 0.4) is 0 Å². The maximum atomic E-state index is 14.2. The molecule has 1 atom stereocenters. The van der Waals surface area contributed by atoms with Crippen molar-refractivity contribution < 1.29 is 23.4 Å². The van der Waals surface area contributed by atoms with Gasteiger partial charge in [0.25, 0.3) is 5.91 Å². The number of nitrogens with zero attached hydrogens (tertiary/aromatic N) is 1. The summed E-state index contributed by atoms with van der Waals surface area (Å²) >= 11 is 11.6. The minimum absolute atomic E-state index is 0.0110. The summed E-state index contributed by atoms with van der Waals surface area (Å²) in [7, 11) is 0. The number of aliphatic hydroxyl groups excluding tert-OH is 1. The van der Waals surface area contributed by atoms with Gasteiger partial charge in [0, 0.05) is 36.3 Å². The third-order valence-electron chi connectivity index (χ3n) is 7.59. The number of carbonyl (C=O) groups excluding carboxylic acids is 1. The fourth-order valence-electron chi connectivity index (χ4n) is 5.21. The number of aromatic nitrogens is 1. The Bertz CT molecular complexity index is 1460. The van der Waals surface area contributed by atoms with Crippen molar-refractivity contribution >= 4 is 40.0 Å². The molecular weight excluding hydrogens is 563 g/mol. The topological polar surface area (TPSA) is 92.6 Å². The molecule has 0 spiro atoms. The first-order valence-corrected chi connectivity index (χ1v) is 14.3. The Morgan fingerprint density at radius 2 is 1.77 bits per heavy atom. The van der Waals surface area contributed by atoms with E-state index in [2.05, 4.69) is 10.6 Å². The Balaban J connectivity index is 1.09. The number of nitrogens with one attached hydrogen (secondary N) is 2. The fourth-order valence-corrected chi connectivity index (χ4v) is 5.48. The van der Waals surface area contributed by atoms with Crippen LogP contribution < -0.4 is 20.8 Å². The molecule has 2 aliphatic rings. The van der Waals surface area contributed by atoms with Gasteiger partial charge in [-0.3, -0.25) is 9.59 Å². The molecule has 3 aromatic rings. The van der Waals surface area contributed by atoms with Gasteiger partial charge in [-0.05, 0) is 75.3 Å². The van der Waals surface area contributed by atoms with Crippen molar-refractivity contribution in [3.05, 3.63) is 74.0 Å². The lowest BCUT2D eigenvalue weighted by atomic mass is 9.86. The van der Waals surface area contributed by atoms with Crippen molar-refractivity contribution in [3.63, 3.8) is 0 Å². The van der Waals surface area contributed by atoms with Crippen LogP contribution in [0.4, 0.5) is 8.78 Å². The van der Waals surface area contributed by atoms with Gasteiger partial charge in [0.15, 0.2) is 0 Å². The Labute approximate surface area is 240 Å². The minimum atomic E-state index is -0.763. The number of fused-ring (bicyclic) bond motifs is 1. The molecule has 2 aromatic carbocycles. The van der Waals surface area contributed by atoms with E-state index in [-0.39, 0.29) is 39.7 Å². The molecule has 0 radical (unpaired) electrons. The van der Waals surface area contributed by atoms with Crippen LogP contribution in [0, 0.1) is 17.6 Å². The molecule has 2 aliphatic carbocycles. The number of rotatable bonds is 10. The molecule has 2 fully saturated rings. The van der Waals surface area contributed by atoms with Crippen LogP contribution in [-0.2, 0) is 0 Å². The lowest BCUT2D eigenvalue weighted by Gasteiger charge is -2.29. The van der Waals surface area contributed by atoms with Gasteiger partial charge < -0.3 is 25.0 Å². The number of carbonyl (C=O) groups is 1. The smallest absolute Gasteiger partial charge is 0.256 e. The number of amides is 1. The molecule has 11 heteroatoms. The Kier molecular flexibility index (Phi) is 8.95. The van der Waals surface area contributed by atoms with Gasteiger partial charge in [-0.2, -0.15) is 0 Å². The number of hydrogen-bond acceptors (Lipinski definition) is 5. The zero-order valence-corrected chi connectivity index (χ0v) is 23.3. The fraction of sp³-hybridized carbons (Fsp3) is 0.448. The van der Waals surface area contributed by atoms with Gasteiger partial charge >= 0.3 is 0 Å². The lowest BCUT2D eigenvalue weighted by molar-refractivity contribution is 0.0916. The highest BCUT2D eigenvalue weighted by Gasteiger charge is 2.29. The van der Waals surface area contributed by atoms with Crippen LogP contribution in [0.25, 0.3) is 10.9 Å². The molecule has 0 aliphatic heterocycles. The number of ether oxygens (including phenoxy) is 1. The van der Waals surface area contributed by atoms with Crippen molar-refractivity contribution in [1.82, 2.24) is 15.2 Å². The summed E-state index contributed by atoms with van der Waals surface area (Å²) < 4.78 is 35.0. The molecule has 1 heterocycles. The van der Waals surface area contributed by atoms with E-state index in [1.54, 1.807) is 12.3 Å². The van der Waals surface area contributed by atoms with Gasteiger partial charge in [0.1, 0.15) is 35.7 Å². The SMILES string of the molecule is O=C(NC1CCC(CNC[C@@H](O)COc2ccc(Cl)c(F)c2)CC1)c1cn(C2CC2)c2cc(Cl)c(F)cc2c1=O. The summed E-state index contributed by atoms with van der Waals surface area (Å²) in [6.07, 6.45) is 5.96. The maximum absolute atomic E-state index is 14.2. The Morgan fingerprint density at radius 3 is 2.48 bits per heavy atom. The average Bonchev–Trinajstić information content (AvgIpc) is 3.77. The third-order valence-corrected chi connectivity index (χ3v) is 8.18. The summed E-state index contributed by atoms with van der Waals surface area (Å²) in [5.41, 5.74) is 0.0584. The zero-order chi connectivity index (χ0) is 28.4. The normalized spacial score (nSPS) is 19.9. The van der Waals surface area contributed by atoms with E-state index >= 15 is 0 Å². The molecule has 5 rings (SSSR count). The van der Waals surface area contributed by atoms with Crippen LogP contribution in [0.1, 0.15) is 54.9 Å². The molecule has 0 bridgehead atoms. The van der Waals surface area contributed by atoms with E-state index in [1.165, 1.54) is 18.2 Å². The predicted molar refractivity (Wildman–Crippen MR) is 150 cm³/mol. The Morgan fingerprint density at radius 1 is 1.05 bits per heavy atom. The summed E-state index contributed by atoms with van der Waals surface area (Å²) in [5.74, 6) is -1.02. The van der Waals surface area contributed by atoms with Crippen LogP contribution >= 0.6 is 23.2 Å². The molecule has 40 heavy (non-hydrogen) atoms. The minimum Gasteiger partial charge on any atom is -0.491 e. The quantitative estimate of drug-likeness (QED) is 0.299. The second-order valence-electron chi connectivity index (χ2n) is 10.7. The highest BCUT2D eigenvalue weighted by Crippen LogP contribution is 2.37. The summed E-state index contributed by atoms with van der Waals surface area (Å²) in [4.78, 5) is 26.2. The predicted octanol–water partition coefficient (Wildman–Crippen LogP) is 5.24. The molecule has 0 unspecified atom stereocenters. The first-order chi connectivity index (χ1) is 19.2. The highest BCUT2D eigenvalue weighted by atomic mass is 35.5. The van der Waals surface area contributed by atoms with E-state index < -0.39 is 29.1 Å². The lowest BCUT2D eigenvalue weighted by Crippen LogP contribution is -2.41. The van der Waals surface area contributed by atoms with Crippen molar-refractivity contribution in [2.45, 2.75) is 56.7 Å². The number of hydrogen-bond donors (Lipinski definition) is 3. The molecular formula is C29H31Cl2F2N3O4. The van der Waals surface area contributed by atoms with E-state index in [9.17, 15) is 23.5 Å². The molecule has 7 nitrogen and oxygen atoms in total. The number of pyridine rings is 1. The number of halogens is 4. The van der Waals surface area contributed by atoms with E-state index in [0.29, 0.717) is 30.3 Å². The highest BCUT2D eigenvalue weighted by molar-refractivity contribution is 6.31. The van der Waals surface area contributed by atoms with E-state index in [0.717, 1.165) is 44.6 Å². The molecule has 0 saturated heterocycles. The monoisotopic (exact) mass is 593 g/mol. The van der Waals surface area contributed by atoms with Crippen molar-refractivity contribution in [2.75, 3.05) is 19.7 Å². The average molecular weight is 594 g/mol. The first kappa shape index (κ1) is 28.8. The van der Waals surface area contributed by atoms with Crippen LogP contribution in [0.15, 0.2) is 41.3 Å². The van der Waals surface area contributed by atoms with Crippen LogP contribution in [0.2, 0.25) is 10.0 Å². The van der Waals surface area contributed by atoms with Crippen LogP contribution in [0.5, 0.6) is 5.75 Å². The molecule has 1 aromatic heterocycles. The largest absolute Gasteiger partial charge is 0.491 e. The van der Waals surface area contributed by atoms with E-state index in [1.807, 2.05) is 4.57 Å². The van der Waals surface area contributed by atoms with Gasteiger partial charge in [0.2, 0.25) is 5.43 Å². The first-order valence-electron chi connectivity index (χ1n) is 13.5. The molecule has 3 N–H and O–H groups in total. The summed E-state index contributed by atoms with van der Waals surface area (Å²) in [5, 5.41) is 16.5. The number of benzene rings is 2. The summed E-state index contributed by atoms with van der Waals surface area (Å²) in [6, 6.07) is 6.81. The van der Waals surface area contributed by atoms with Crippen molar-refractivity contribution in [3.8, 4) is 5.75 Å². The molecule has 214 valence electrons. The molecule has 1 amide bonds. The number of aliphatic hydroxyl groups is 1. The second-order valence-corrected chi connectivity index (χ2v) is 11.5. The summed E-state index contributed by atoms with van der Waals surface area (Å²) in [6.45, 7) is 1.05. The zero-order valence-electron chi connectivity index (χ0n) is 21.8. The second kappa shape index (κ2) is 12.4. The van der Waals surface area contributed by atoms with Crippen molar-refractivity contribution in [2.24, 2.45) is 5.92 Å². The van der Waals surface area contributed by atoms with Crippen molar-refractivity contribution in [1.29, 1.82) is 0 Å². The van der Waals surface area contributed by atoms with Gasteiger partial charge in [-0.15, -0.1) is 0 Å². The Hall–Kier alpha value is -2.72. The van der Waals surface area contributed by atoms with E-state index in [4.69, 9.17) is 27.9 Å². The molecule has 2 saturated carbocycles. The van der Waals surface area contributed by atoms with Gasteiger partial charge in [-0.25, -0.2) is 8.78 Å². The standard InChI is InChI=1S/C29H31Cl2F2N3O4/c30-23-8-7-20(9-25(23)32)40-15-19(37)13-34-12-16-1-3-17(4-2-16)35-29(39)22-14-36(18-5-6-18)27-11-24(31)26(33)10-21(27)28(22)38/h7-11,14,16-19,34,37H,1-6,12-13,15H2,(H,35,39)/t16?,17?,19-/m1/s1. The maximum Gasteiger partial charge on any atom is 0.256 e. The van der Waals surface area contributed by atoms with Crippen LogP contribution in [-0.4, -0.2) is 47.4 Å². The third kappa shape index (κ3) is 6.77. The van der Waals surface area contributed by atoms with Gasteiger partial charge in [0.05, 0.1) is 15.6 Å². The van der Waals surface area contributed by atoms with Gasteiger partial charge in [-0.1, -0.05) is 23.2 Å².